The molecule has 4 aromatic heterocycles. The highest BCUT2D eigenvalue weighted by atomic mass is 16.5. The van der Waals surface area contributed by atoms with Crippen molar-refractivity contribution in [3.8, 4) is 22.7 Å². The number of hydrogen-bond acceptors (Lipinski definition) is 9. The van der Waals surface area contributed by atoms with Crippen LogP contribution >= 0.6 is 0 Å². The minimum atomic E-state index is -0.379. The van der Waals surface area contributed by atoms with Crippen molar-refractivity contribution in [3.63, 3.8) is 0 Å². The maximum Gasteiger partial charge on any atom is 0.261 e. The minimum absolute atomic E-state index is 0.348. The molecule has 0 spiro atoms. The third kappa shape index (κ3) is 4.07. The summed E-state index contributed by atoms with van der Waals surface area (Å²) in [5, 5.41) is 11.9. The lowest BCUT2D eigenvalue weighted by Gasteiger charge is -2.26. The summed E-state index contributed by atoms with van der Waals surface area (Å²) in [4.78, 5) is 18.1. The Kier molecular flexibility index (Phi) is 5.52. The first kappa shape index (κ1) is 21.8. The van der Waals surface area contributed by atoms with E-state index in [0.29, 0.717) is 29.6 Å². The Morgan fingerprint density at radius 1 is 0.971 bits per heavy atom. The number of ether oxygens (including phenoxy) is 1. The van der Waals surface area contributed by atoms with Crippen LogP contribution in [0.5, 0.6) is 0 Å². The van der Waals surface area contributed by atoms with E-state index in [0.717, 1.165) is 61.3 Å². The van der Waals surface area contributed by atoms with Gasteiger partial charge in [-0.25, -0.2) is 9.97 Å². The summed E-state index contributed by atoms with van der Waals surface area (Å²) in [5.74, 6) is 2.21. The van der Waals surface area contributed by atoms with Gasteiger partial charge >= 0.3 is 0 Å². The zero-order valence-corrected chi connectivity index (χ0v) is 19.9. The Hall–Kier alpha value is -3.66. The second kappa shape index (κ2) is 8.84. The van der Waals surface area contributed by atoms with Gasteiger partial charge in [0.1, 0.15) is 0 Å². The molecule has 2 fully saturated rings. The lowest BCUT2D eigenvalue weighted by Crippen LogP contribution is -2.28. The van der Waals surface area contributed by atoms with Gasteiger partial charge in [0.15, 0.2) is 5.82 Å². The molecule has 10 heteroatoms. The van der Waals surface area contributed by atoms with Gasteiger partial charge in [-0.15, -0.1) is 0 Å². The van der Waals surface area contributed by atoms with Gasteiger partial charge in [0.2, 0.25) is 5.95 Å². The zero-order valence-electron chi connectivity index (χ0n) is 19.9. The van der Waals surface area contributed by atoms with Crippen molar-refractivity contribution >= 4 is 5.95 Å². The SMILES string of the molecule is CNc1ncc(-c2ccc([C@](C)(c3noc(-c4cnn(C5CCOCC5)c4)n3)C3CC3)cn2)cn1. The van der Waals surface area contributed by atoms with Crippen LogP contribution in [0.25, 0.3) is 22.7 Å². The first-order valence-corrected chi connectivity index (χ1v) is 12.1. The Labute approximate surface area is 203 Å². The summed E-state index contributed by atoms with van der Waals surface area (Å²) < 4.78 is 13.2. The number of pyridine rings is 1. The molecule has 1 saturated heterocycles. The highest BCUT2D eigenvalue weighted by Crippen LogP contribution is 2.50. The highest BCUT2D eigenvalue weighted by Gasteiger charge is 2.47. The van der Waals surface area contributed by atoms with Crippen molar-refractivity contribution in [1.82, 2.24) is 34.9 Å². The van der Waals surface area contributed by atoms with Gasteiger partial charge < -0.3 is 14.6 Å². The summed E-state index contributed by atoms with van der Waals surface area (Å²) in [6.45, 7) is 3.73. The van der Waals surface area contributed by atoms with Crippen LogP contribution in [0.3, 0.4) is 0 Å². The third-order valence-electron chi connectivity index (χ3n) is 7.23. The number of hydrogen-bond donors (Lipinski definition) is 1. The van der Waals surface area contributed by atoms with Crippen LogP contribution in [0.15, 0.2) is 47.6 Å². The lowest BCUT2D eigenvalue weighted by molar-refractivity contribution is 0.0662. The molecule has 2 aliphatic rings. The topological polar surface area (TPSA) is 117 Å². The molecule has 0 amide bonds. The van der Waals surface area contributed by atoms with E-state index in [1.165, 1.54) is 0 Å². The first-order valence-electron chi connectivity index (χ1n) is 12.1. The molecule has 1 aliphatic heterocycles. The number of rotatable bonds is 7. The van der Waals surface area contributed by atoms with E-state index < -0.39 is 0 Å². The quantitative estimate of drug-likeness (QED) is 0.427. The molecular formula is C25H28N8O2. The lowest BCUT2D eigenvalue weighted by atomic mass is 9.77. The zero-order chi connectivity index (χ0) is 23.8. The Morgan fingerprint density at radius 3 is 2.46 bits per heavy atom. The molecule has 180 valence electrons. The second-order valence-corrected chi connectivity index (χ2v) is 9.43. The van der Waals surface area contributed by atoms with Crippen LogP contribution in [0.4, 0.5) is 5.95 Å². The number of aromatic nitrogens is 7. The van der Waals surface area contributed by atoms with Gasteiger partial charge in [0.25, 0.3) is 5.89 Å². The van der Waals surface area contributed by atoms with E-state index in [1.807, 2.05) is 23.1 Å². The molecule has 10 nitrogen and oxygen atoms in total. The average Bonchev–Trinajstić information content (AvgIpc) is 3.45. The molecule has 4 aromatic rings. The molecule has 0 unspecified atom stereocenters. The van der Waals surface area contributed by atoms with Crippen molar-refractivity contribution in [2.45, 2.75) is 44.1 Å². The molecule has 0 aromatic carbocycles. The molecule has 6 rings (SSSR count). The van der Waals surface area contributed by atoms with Crippen molar-refractivity contribution < 1.29 is 9.26 Å². The molecule has 5 heterocycles. The van der Waals surface area contributed by atoms with Crippen molar-refractivity contribution in [1.29, 1.82) is 0 Å². The van der Waals surface area contributed by atoms with E-state index in [1.54, 1.807) is 25.6 Å². The van der Waals surface area contributed by atoms with E-state index in [-0.39, 0.29) is 5.41 Å². The normalized spacial score (nSPS) is 18.3. The largest absolute Gasteiger partial charge is 0.381 e. The molecule has 1 atom stereocenters. The van der Waals surface area contributed by atoms with Gasteiger partial charge in [0, 0.05) is 50.6 Å². The van der Waals surface area contributed by atoms with Crippen LogP contribution in [0, 0.1) is 5.92 Å². The van der Waals surface area contributed by atoms with Gasteiger partial charge in [-0.3, -0.25) is 9.67 Å². The van der Waals surface area contributed by atoms with Crippen LogP contribution in [0.1, 0.15) is 50.0 Å². The van der Waals surface area contributed by atoms with Gasteiger partial charge in [-0.1, -0.05) is 11.2 Å². The fourth-order valence-corrected chi connectivity index (χ4v) is 4.82. The monoisotopic (exact) mass is 472 g/mol. The average molecular weight is 473 g/mol. The Morgan fingerprint density at radius 2 is 1.77 bits per heavy atom. The summed E-state index contributed by atoms with van der Waals surface area (Å²) in [7, 11) is 1.79. The van der Waals surface area contributed by atoms with E-state index in [4.69, 9.17) is 19.2 Å². The van der Waals surface area contributed by atoms with Gasteiger partial charge in [-0.2, -0.15) is 10.1 Å². The fourth-order valence-electron chi connectivity index (χ4n) is 4.82. The Balaban J connectivity index is 1.27. The standard InChI is InChI=1S/C25H28N8O2/c1-25(18-3-4-18,19-5-6-21(27-14-19)16-11-28-24(26-2)29-12-16)23-31-22(35-32-23)17-13-30-33(15-17)20-7-9-34-10-8-20/h5-6,11-15,18,20H,3-4,7-10H2,1-2H3,(H,26,28,29)/t25-/m1/s1. The van der Waals surface area contributed by atoms with Crippen molar-refractivity contribution in [2.24, 2.45) is 5.92 Å². The van der Waals surface area contributed by atoms with Crippen molar-refractivity contribution in [2.75, 3.05) is 25.6 Å². The Bertz CT molecular complexity index is 1290. The van der Waals surface area contributed by atoms with Gasteiger partial charge in [-0.05, 0) is 50.2 Å². The molecule has 1 N–H and O–H groups in total. The number of nitrogens with one attached hydrogen (secondary N) is 1. The van der Waals surface area contributed by atoms with E-state index in [9.17, 15) is 0 Å². The fraction of sp³-hybridized carbons (Fsp3) is 0.440. The summed E-state index contributed by atoms with van der Waals surface area (Å²) in [6, 6.07) is 4.46. The van der Waals surface area contributed by atoms with E-state index in [2.05, 4.69) is 38.5 Å². The maximum atomic E-state index is 5.73. The summed E-state index contributed by atoms with van der Waals surface area (Å²) >= 11 is 0. The van der Waals surface area contributed by atoms with E-state index >= 15 is 0 Å². The van der Waals surface area contributed by atoms with Crippen LogP contribution in [-0.2, 0) is 10.2 Å². The minimum Gasteiger partial charge on any atom is -0.381 e. The summed E-state index contributed by atoms with van der Waals surface area (Å²) in [6.07, 6.45) is 13.4. The third-order valence-corrected chi connectivity index (χ3v) is 7.23. The van der Waals surface area contributed by atoms with Gasteiger partial charge in [0.05, 0.1) is 28.9 Å². The molecule has 1 saturated carbocycles. The number of nitrogens with zero attached hydrogens (tertiary/aromatic N) is 7. The second-order valence-electron chi connectivity index (χ2n) is 9.43. The maximum absolute atomic E-state index is 5.73. The molecule has 0 bridgehead atoms. The first-order chi connectivity index (χ1) is 17.1. The van der Waals surface area contributed by atoms with Crippen molar-refractivity contribution in [3.05, 3.63) is 54.5 Å². The predicted octanol–water partition coefficient (Wildman–Crippen LogP) is 3.89. The van der Waals surface area contributed by atoms with Crippen LogP contribution in [0.2, 0.25) is 0 Å². The molecule has 35 heavy (non-hydrogen) atoms. The smallest absolute Gasteiger partial charge is 0.261 e. The highest BCUT2D eigenvalue weighted by molar-refractivity contribution is 5.58. The molecule has 0 radical (unpaired) electrons. The molecular weight excluding hydrogens is 444 g/mol. The molecule has 1 aliphatic carbocycles. The number of anilines is 1. The predicted molar refractivity (Wildman–Crippen MR) is 129 cm³/mol. The summed E-state index contributed by atoms with van der Waals surface area (Å²) in [5.41, 5.74) is 3.22. The van der Waals surface area contributed by atoms with Crippen LogP contribution in [-0.4, -0.2) is 55.1 Å². The van der Waals surface area contributed by atoms with Crippen LogP contribution < -0.4 is 5.32 Å².